The van der Waals surface area contributed by atoms with Crippen LogP contribution in [-0.4, -0.2) is 53.3 Å². The van der Waals surface area contributed by atoms with Crippen molar-refractivity contribution in [1.82, 2.24) is 14.8 Å². The number of fused-ring (bicyclic) bond motifs is 1. The normalized spacial score (nSPS) is 18.1. The van der Waals surface area contributed by atoms with Crippen LogP contribution in [0.15, 0.2) is 91.0 Å². The molecular weight excluding hydrogens is 486 g/mol. The molecule has 2 aliphatic rings. The zero-order valence-corrected chi connectivity index (χ0v) is 22.3. The number of hydrogen-bond acceptors (Lipinski definition) is 5. The Balaban J connectivity index is 1.14. The Morgan fingerprint density at radius 3 is 2.26 bits per heavy atom. The Hall–Kier alpha value is -4.03. The maximum absolute atomic E-state index is 12.8. The summed E-state index contributed by atoms with van der Waals surface area (Å²) < 4.78 is 6.08. The summed E-state index contributed by atoms with van der Waals surface area (Å²) in [7, 11) is 1.61. The second-order valence-electron chi connectivity index (χ2n) is 10.8. The Labute approximate surface area is 229 Å². The minimum absolute atomic E-state index is 0.00115. The Kier molecular flexibility index (Phi) is 6.88. The van der Waals surface area contributed by atoms with Crippen molar-refractivity contribution in [1.29, 1.82) is 0 Å². The standard InChI is InChI=1S/C33H33N3O3/c1-35-31(37)21-33(32(35)38)17-19-36(20-18-33)22-29(24-7-3-2-4-8-24)25-12-15-28(16-13-25)39-23-27-14-11-26-9-5-6-10-30(26)34-27/h2-16,29H,17-23H2,1H3. The molecule has 2 aliphatic heterocycles. The Morgan fingerprint density at radius 1 is 0.846 bits per heavy atom. The predicted octanol–water partition coefficient (Wildman–Crippen LogP) is 5.42. The zero-order chi connectivity index (χ0) is 26.8. The van der Waals surface area contributed by atoms with Crippen LogP contribution in [0.2, 0.25) is 0 Å². The fraction of sp³-hybridized carbons (Fsp3) is 0.303. The second kappa shape index (κ2) is 10.6. The molecule has 0 bridgehead atoms. The number of piperidine rings is 1. The lowest BCUT2D eigenvalue weighted by molar-refractivity contribution is -0.141. The van der Waals surface area contributed by atoms with E-state index in [1.165, 1.54) is 16.0 Å². The monoisotopic (exact) mass is 519 g/mol. The quantitative estimate of drug-likeness (QED) is 0.305. The van der Waals surface area contributed by atoms with E-state index in [0.717, 1.165) is 54.8 Å². The van der Waals surface area contributed by atoms with Crippen molar-refractivity contribution in [2.24, 2.45) is 5.41 Å². The molecule has 198 valence electrons. The average Bonchev–Trinajstić information content (AvgIpc) is 3.19. The number of nitrogens with zero attached hydrogens (tertiary/aromatic N) is 3. The van der Waals surface area contributed by atoms with Gasteiger partial charge in [-0.1, -0.05) is 66.7 Å². The van der Waals surface area contributed by atoms with E-state index < -0.39 is 5.41 Å². The molecule has 2 amide bonds. The van der Waals surface area contributed by atoms with E-state index >= 15 is 0 Å². The van der Waals surface area contributed by atoms with Gasteiger partial charge in [-0.25, -0.2) is 4.98 Å². The SMILES string of the molecule is CN1C(=O)CC2(CCN(CC(c3ccccc3)c3ccc(OCc4ccc5ccccc5n4)cc3)CC2)C1=O. The molecule has 1 spiro atoms. The maximum atomic E-state index is 12.8. The number of likely N-dealkylation sites (tertiary alicyclic amines) is 2. The minimum atomic E-state index is -0.497. The molecule has 0 aliphatic carbocycles. The number of carbonyl (C=O) groups is 2. The average molecular weight is 520 g/mol. The van der Waals surface area contributed by atoms with Crippen LogP contribution >= 0.6 is 0 Å². The third-order valence-electron chi connectivity index (χ3n) is 8.40. The molecule has 1 unspecified atom stereocenters. The van der Waals surface area contributed by atoms with E-state index in [1.54, 1.807) is 7.05 Å². The van der Waals surface area contributed by atoms with Gasteiger partial charge in [-0.2, -0.15) is 0 Å². The van der Waals surface area contributed by atoms with Crippen molar-refractivity contribution in [2.45, 2.75) is 31.8 Å². The van der Waals surface area contributed by atoms with E-state index in [9.17, 15) is 9.59 Å². The highest BCUT2D eigenvalue weighted by atomic mass is 16.5. The summed E-state index contributed by atoms with van der Waals surface area (Å²) in [5, 5.41) is 1.12. The van der Waals surface area contributed by atoms with Crippen LogP contribution in [-0.2, 0) is 16.2 Å². The molecule has 6 heteroatoms. The van der Waals surface area contributed by atoms with Gasteiger partial charge in [-0.15, -0.1) is 0 Å². The molecule has 6 rings (SSSR count). The number of benzene rings is 3. The largest absolute Gasteiger partial charge is 0.487 e. The lowest BCUT2D eigenvalue weighted by Gasteiger charge is -2.38. The van der Waals surface area contributed by atoms with Crippen molar-refractivity contribution in [3.05, 3.63) is 108 Å². The van der Waals surface area contributed by atoms with Crippen LogP contribution in [0, 0.1) is 5.41 Å². The summed E-state index contributed by atoms with van der Waals surface area (Å²) >= 11 is 0. The van der Waals surface area contributed by atoms with Crippen LogP contribution in [0.3, 0.4) is 0 Å². The van der Waals surface area contributed by atoms with Crippen LogP contribution in [0.4, 0.5) is 0 Å². The molecule has 6 nitrogen and oxygen atoms in total. The number of para-hydroxylation sites is 1. The van der Waals surface area contributed by atoms with Crippen molar-refractivity contribution in [3.63, 3.8) is 0 Å². The van der Waals surface area contributed by atoms with Crippen molar-refractivity contribution in [3.8, 4) is 5.75 Å². The number of imide groups is 1. The third-order valence-corrected chi connectivity index (χ3v) is 8.40. The van der Waals surface area contributed by atoms with Gasteiger partial charge in [-0.3, -0.25) is 14.5 Å². The van der Waals surface area contributed by atoms with Crippen LogP contribution < -0.4 is 4.74 Å². The Morgan fingerprint density at radius 2 is 1.54 bits per heavy atom. The number of amides is 2. The molecule has 3 aromatic carbocycles. The van der Waals surface area contributed by atoms with Gasteiger partial charge in [-0.05, 0) is 61.3 Å². The Bertz CT molecular complexity index is 1480. The molecule has 2 fully saturated rings. The van der Waals surface area contributed by atoms with Gasteiger partial charge >= 0.3 is 0 Å². The van der Waals surface area contributed by atoms with Crippen LogP contribution in [0.1, 0.15) is 42.0 Å². The number of ether oxygens (including phenoxy) is 1. The van der Waals surface area contributed by atoms with Crippen LogP contribution in [0.25, 0.3) is 10.9 Å². The van der Waals surface area contributed by atoms with Crippen molar-refractivity contribution >= 4 is 22.7 Å². The van der Waals surface area contributed by atoms with Gasteiger partial charge in [0.1, 0.15) is 12.4 Å². The molecule has 1 aromatic heterocycles. The summed E-state index contributed by atoms with van der Waals surface area (Å²) in [6, 6.07) is 31.1. The topological polar surface area (TPSA) is 62.7 Å². The van der Waals surface area contributed by atoms with Gasteiger partial charge < -0.3 is 9.64 Å². The summed E-state index contributed by atoms with van der Waals surface area (Å²) in [6.45, 7) is 2.91. The highest BCUT2D eigenvalue weighted by Gasteiger charge is 2.51. The summed E-state index contributed by atoms with van der Waals surface area (Å²) in [5.41, 5.74) is 3.86. The first-order chi connectivity index (χ1) is 19.0. The second-order valence-corrected chi connectivity index (χ2v) is 10.8. The fourth-order valence-electron chi connectivity index (χ4n) is 6.00. The predicted molar refractivity (Wildman–Crippen MR) is 151 cm³/mol. The molecule has 2 saturated heterocycles. The van der Waals surface area contributed by atoms with Crippen LogP contribution in [0.5, 0.6) is 5.75 Å². The highest BCUT2D eigenvalue weighted by molar-refractivity contribution is 6.05. The van der Waals surface area contributed by atoms with Gasteiger partial charge in [0.05, 0.1) is 16.6 Å². The maximum Gasteiger partial charge on any atom is 0.235 e. The summed E-state index contributed by atoms with van der Waals surface area (Å²) in [5.74, 6) is 0.963. The van der Waals surface area contributed by atoms with E-state index in [-0.39, 0.29) is 17.7 Å². The lowest BCUT2D eigenvalue weighted by atomic mass is 9.76. The summed E-state index contributed by atoms with van der Waals surface area (Å²) in [4.78, 5) is 33.4. The van der Waals surface area contributed by atoms with E-state index in [0.29, 0.717) is 13.0 Å². The molecule has 0 saturated carbocycles. The first kappa shape index (κ1) is 25.3. The fourth-order valence-corrected chi connectivity index (χ4v) is 6.00. The van der Waals surface area contributed by atoms with Crippen molar-refractivity contribution in [2.75, 3.05) is 26.7 Å². The third kappa shape index (κ3) is 5.17. The van der Waals surface area contributed by atoms with Gasteiger partial charge in [0.25, 0.3) is 0 Å². The first-order valence-corrected chi connectivity index (χ1v) is 13.7. The zero-order valence-electron chi connectivity index (χ0n) is 22.3. The van der Waals surface area contributed by atoms with Gasteiger partial charge in [0.15, 0.2) is 0 Å². The van der Waals surface area contributed by atoms with Crippen molar-refractivity contribution < 1.29 is 14.3 Å². The smallest absolute Gasteiger partial charge is 0.235 e. The number of pyridine rings is 1. The number of hydrogen-bond donors (Lipinski definition) is 0. The molecular formula is C33H33N3O3. The molecule has 1 atom stereocenters. The highest BCUT2D eigenvalue weighted by Crippen LogP contribution is 2.42. The van der Waals surface area contributed by atoms with E-state index in [2.05, 4.69) is 53.4 Å². The summed E-state index contributed by atoms with van der Waals surface area (Å²) in [6.07, 6.45) is 1.83. The molecule has 0 N–H and O–H groups in total. The van der Waals surface area contributed by atoms with E-state index in [4.69, 9.17) is 9.72 Å². The van der Waals surface area contributed by atoms with E-state index in [1.807, 2.05) is 42.5 Å². The minimum Gasteiger partial charge on any atom is -0.487 e. The van der Waals surface area contributed by atoms with Gasteiger partial charge in [0, 0.05) is 31.3 Å². The molecule has 0 radical (unpaired) electrons. The lowest BCUT2D eigenvalue weighted by Crippen LogP contribution is -2.45. The van der Waals surface area contributed by atoms with Gasteiger partial charge in [0.2, 0.25) is 11.8 Å². The molecule has 3 heterocycles. The molecule has 4 aromatic rings. The number of aromatic nitrogens is 1. The first-order valence-electron chi connectivity index (χ1n) is 13.7. The number of rotatable bonds is 7. The number of carbonyl (C=O) groups excluding carboxylic acids is 2. The molecule has 39 heavy (non-hydrogen) atoms.